The minimum Gasteiger partial charge on any atom is -0.598 e. The summed E-state index contributed by atoms with van der Waals surface area (Å²) >= 11 is 5.08. The van der Waals surface area contributed by atoms with Crippen LogP contribution in [0, 0.1) is 5.92 Å². The molecule has 1 unspecified atom stereocenters. The molecule has 0 aliphatic rings. The van der Waals surface area contributed by atoms with Crippen LogP contribution in [0.25, 0.3) is 10.9 Å². The first-order chi connectivity index (χ1) is 10.6. The van der Waals surface area contributed by atoms with Crippen LogP contribution in [0.4, 0.5) is 0 Å². The first kappa shape index (κ1) is 18.7. The molecular weight excluding hydrogens is 328 g/mol. The Labute approximate surface area is 147 Å². The second-order valence-corrected chi connectivity index (χ2v) is 9.95. The quantitative estimate of drug-likeness (QED) is 0.762. The fourth-order valence-corrected chi connectivity index (χ4v) is 3.55. The summed E-state index contributed by atoms with van der Waals surface area (Å²) in [6.45, 7) is 13.3. The number of nitrogens with one attached hydrogen (secondary N) is 1. The van der Waals surface area contributed by atoms with Crippen LogP contribution in [-0.2, 0) is 17.9 Å². The topological polar surface area (TPSA) is 40.0 Å². The van der Waals surface area contributed by atoms with Gasteiger partial charge in [0.1, 0.15) is 4.75 Å². The van der Waals surface area contributed by atoms with Crippen molar-refractivity contribution in [2.45, 2.75) is 58.9 Å². The molecule has 1 aromatic heterocycles. The van der Waals surface area contributed by atoms with Gasteiger partial charge in [-0.15, -0.1) is 4.72 Å². The van der Waals surface area contributed by atoms with E-state index >= 15 is 0 Å². The highest BCUT2D eigenvalue weighted by atomic mass is 35.5. The maximum absolute atomic E-state index is 12.4. The van der Waals surface area contributed by atoms with Gasteiger partial charge in [-0.05, 0) is 51.3 Å². The van der Waals surface area contributed by atoms with Crippen LogP contribution in [0.2, 0.25) is 5.02 Å². The van der Waals surface area contributed by atoms with Crippen molar-refractivity contribution < 1.29 is 4.55 Å². The van der Waals surface area contributed by atoms with Crippen molar-refractivity contribution in [3.05, 3.63) is 35.0 Å². The fourth-order valence-electron chi connectivity index (χ4n) is 2.58. The average Bonchev–Trinajstić information content (AvgIpc) is 2.75. The molecule has 0 saturated carbocycles. The van der Waals surface area contributed by atoms with E-state index in [1.165, 1.54) is 5.39 Å². The molecule has 0 radical (unpaired) electrons. The molecule has 2 rings (SSSR count). The largest absolute Gasteiger partial charge is 0.598 e. The van der Waals surface area contributed by atoms with E-state index in [4.69, 9.17) is 11.6 Å². The van der Waals surface area contributed by atoms with Crippen LogP contribution in [0.15, 0.2) is 24.4 Å². The normalized spacial score (nSPS) is 15.3. The molecule has 0 spiro atoms. The molecule has 1 heterocycles. The third-order valence-electron chi connectivity index (χ3n) is 3.74. The van der Waals surface area contributed by atoms with E-state index in [0.717, 1.165) is 22.6 Å². The number of halogens is 1. The first-order valence-corrected chi connectivity index (χ1v) is 9.58. The maximum atomic E-state index is 12.4. The Balaban J connectivity index is 2.40. The fraction of sp³-hybridized carbons (Fsp3) is 0.556. The van der Waals surface area contributed by atoms with Crippen molar-refractivity contribution in [1.82, 2.24) is 9.29 Å². The molecule has 3 nitrogen and oxygen atoms in total. The van der Waals surface area contributed by atoms with E-state index in [0.29, 0.717) is 5.92 Å². The molecule has 0 fully saturated rings. The first-order valence-electron chi connectivity index (χ1n) is 8.06. The number of nitrogens with zero attached hydrogens (tertiary/aromatic N) is 1. The Kier molecular flexibility index (Phi) is 5.72. The van der Waals surface area contributed by atoms with Gasteiger partial charge in [0, 0.05) is 40.0 Å². The highest BCUT2D eigenvalue weighted by Crippen LogP contribution is 2.30. The van der Waals surface area contributed by atoms with Gasteiger partial charge < -0.3 is 9.12 Å². The highest BCUT2D eigenvalue weighted by molar-refractivity contribution is 7.90. The second-order valence-electron chi connectivity index (χ2n) is 7.51. The van der Waals surface area contributed by atoms with Crippen LogP contribution in [0.5, 0.6) is 0 Å². The van der Waals surface area contributed by atoms with Crippen molar-refractivity contribution in [1.29, 1.82) is 0 Å². The molecule has 0 bridgehead atoms. The molecule has 2 aromatic rings. The third-order valence-corrected chi connectivity index (χ3v) is 5.66. The molecule has 5 heteroatoms. The molecular formula is C18H27ClN2OS. The Morgan fingerprint density at radius 2 is 1.91 bits per heavy atom. The number of benzene rings is 1. The van der Waals surface area contributed by atoms with Gasteiger partial charge in [0.2, 0.25) is 0 Å². The maximum Gasteiger partial charge on any atom is 0.136 e. The number of aromatic nitrogens is 1. The Hall–Kier alpha value is -0.680. The predicted molar refractivity (Wildman–Crippen MR) is 101 cm³/mol. The Morgan fingerprint density at radius 3 is 2.48 bits per heavy atom. The monoisotopic (exact) mass is 354 g/mol. The predicted octanol–water partition coefficient (Wildman–Crippen LogP) is 5.06. The molecule has 1 aromatic carbocycles. The lowest BCUT2D eigenvalue weighted by Gasteiger charge is -2.26. The van der Waals surface area contributed by atoms with E-state index in [1.54, 1.807) is 0 Å². The van der Waals surface area contributed by atoms with Gasteiger partial charge in [0.05, 0.1) is 6.04 Å². The summed E-state index contributed by atoms with van der Waals surface area (Å²) in [6, 6.07) is 5.99. The van der Waals surface area contributed by atoms with Crippen molar-refractivity contribution in [2.24, 2.45) is 5.92 Å². The molecule has 0 aliphatic carbocycles. The van der Waals surface area contributed by atoms with Gasteiger partial charge in [-0.25, -0.2) is 0 Å². The van der Waals surface area contributed by atoms with Crippen molar-refractivity contribution >= 4 is 33.9 Å². The summed E-state index contributed by atoms with van der Waals surface area (Å²) in [5.41, 5.74) is 2.30. The summed E-state index contributed by atoms with van der Waals surface area (Å²) < 4.78 is 17.6. The van der Waals surface area contributed by atoms with Gasteiger partial charge in [-0.1, -0.05) is 31.5 Å². The van der Waals surface area contributed by atoms with Crippen molar-refractivity contribution in [3.8, 4) is 0 Å². The number of rotatable bonds is 5. The van der Waals surface area contributed by atoms with Gasteiger partial charge in [0.15, 0.2) is 0 Å². The lowest BCUT2D eigenvalue weighted by Crippen LogP contribution is -2.40. The van der Waals surface area contributed by atoms with E-state index in [-0.39, 0.29) is 10.8 Å². The smallest absolute Gasteiger partial charge is 0.136 e. The van der Waals surface area contributed by atoms with E-state index in [1.807, 2.05) is 32.9 Å². The number of hydrogen-bond acceptors (Lipinski definition) is 2. The Bertz CT molecular complexity index is 675. The van der Waals surface area contributed by atoms with Crippen LogP contribution >= 0.6 is 11.6 Å². The lowest BCUT2D eigenvalue weighted by atomic mass is 10.1. The van der Waals surface area contributed by atoms with E-state index in [2.05, 4.69) is 42.3 Å². The van der Waals surface area contributed by atoms with Crippen molar-refractivity contribution in [2.75, 3.05) is 0 Å². The van der Waals surface area contributed by atoms with Gasteiger partial charge >= 0.3 is 0 Å². The van der Waals surface area contributed by atoms with E-state index < -0.39 is 11.4 Å². The van der Waals surface area contributed by atoms with Gasteiger partial charge in [0.25, 0.3) is 0 Å². The van der Waals surface area contributed by atoms with Crippen LogP contribution < -0.4 is 4.72 Å². The number of fused-ring (bicyclic) bond motifs is 1. The minimum absolute atomic E-state index is 0.00662. The second kappa shape index (κ2) is 7.06. The zero-order chi connectivity index (χ0) is 17.4. The molecule has 0 amide bonds. The molecule has 0 saturated heterocycles. The zero-order valence-electron chi connectivity index (χ0n) is 14.8. The van der Waals surface area contributed by atoms with E-state index in [9.17, 15) is 4.55 Å². The molecule has 0 aliphatic heterocycles. The molecule has 23 heavy (non-hydrogen) atoms. The van der Waals surface area contributed by atoms with Crippen LogP contribution in [0.1, 0.15) is 53.1 Å². The summed E-state index contributed by atoms with van der Waals surface area (Å²) in [5.74, 6) is 0.546. The average molecular weight is 355 g/mol. The summed E-state index contributed by atoms with van der Waals surface area (Å²) in [7, 11) is 0. The SMILES string of the molecule is CC(C)Cn1cc([C@@H](C)N[S+]([O-])C(C)(C)C)c2ccc(Cl)cc21. The zero-order valence-corrected chi connectivity index (χ0v) is 16.4. The summed E-state index contributed by atoms with van der Waals surface area (Å²) in [4.78, 5) is 0. The highest BCUT2D eigenvalue weighted by Gasteiger charge is 2.29. The van der Waals surface area contributed by atoms with Gasteiger partial charge in [-0.2, -0.15) is 0 Å². The lowest BCUT2D eigenvalue weighted by molar-refractivity contribution is 0.525. The third kappa shape index (κ3) is 4.44. The van der Waals surface area contributed by atoms with Crippen LogP contribution in [-0.4, -0.2) is 13.9 Å². The van der Waals surface area contributed by atoms with Crippen molar-refractivity contribution in [3.63, 3.8) is 0 Å². The Morgan fingerprint density at radius 1 is 1.26 bits per heavy atom. The molecule has 128 valence electrons. The van der Waals surface area contributed by atoms with Crippen LogP contribution in [0.3, 0.4) is 0 Å². The molecule has 1 N–H and O–H groups in total. The summed E-state index contributed by atoms with van der Waals surface area (Å²) in [6.07, 6.45) is 2.17. The van der Waals surface area contributed by atoms with Gasteiger partial charge in [-0.3, -0.25) is 0 Å². The molecule has 2 atom stereocenters. The minimum atomic E-state index is -1.10. The number of hydrogen-bond donors (Lipinski definition) is 1. The summed E-state index contributed by atoms with van der Waals surface area (Å²) in [5, 5.41) is 1.91. The standard InChI is InChI=1S/C18H27ClN2OS/c1-12(2)10-21-11-16(13(3)20-23(22)18(4,5)6)15-8-7-14(19)9-17(15)21/h7-9,11-13,20H,10H2,1-6H3/t13-,23?/m1/s1.